The van der Waals surface area contributed by atoms with E-state index in [9.17, 15) is 0 Å². The van der Waals surface area contributed by atoms with Crippen molar-refractivity contribution in [2.45, 2.75) is 13.5 Å². The summed E-state index contributed by atoms with van der Waals surface area (Å²) in [7, 11) is 0. The summed E-state index contributed by atoms with van der Waals surface area (Å²) in [6.45, 7) is 2.87. The van der Waals surface area contributed by atoms with Gasteiger partial charge in [0.05, 0.1) is 5.52 Å². The van der Waals surface area contributed by atoms with Crippen molar-refractivity contribution in [1.82, 2.24) is 4.98 Å². The van der Waals surface area contributed by atoms with Crippen LogP contribution in [0, 0.1) is 6.92 Å². The lowest BCUT2D eigenvalue weighted by Gasteiger charge is -2.10. The second-order valence-electron chi connectivity index (χ2n) is 4.81. The number of nitrogens with one attached hydrogen (secondary N) is 1. The average molecular weight is 327 g/mol. The van der Waals surface area contributed by atoms with E-state index >= 15 is 0 Å². The Kier molecular flexibility index (Phi) is 3.70. The molecule has 1 aromatic heterocycles. The van der Waals surface area contributed by atoms with Crippen molar-refractivity contribution in [2.75, 3.05) is 5.32 Å². The molecule has 0 aliphatic carbocycles. The molecule has 0 aliphatic heterocycles. The topological polar surface area (TPSA) is 24.9 Å². The minimum atomic E-state index is 0.773. The maximum atomic E-state index is 4.48. The number of halogens is 1. The maximum Gasteiger partial charge on any atom is 0.0751 e. The lowest BCUT2D eigenvalue weighted by Crippen LogP contribution is -2.01. The van der Waals surface area contributed by atoms with Crippen LogP contribution in [0.25, 0.3) is 10.9 Å². The molecule has 0 aliphatic rings. The number of rotatable bonds is 3. The standard InChI is InChI=1S/C17H15BrN2/c1-12-10-15(7-8-16(12)18)20-11-14-5-2-4-13-6-3-9-19-17(13)14/h2-10,20H,11H2,1H3. The Morgan fingerprint density at radius 2 is 1.95 bits per heavy atom. The molecule has 0 atom stereocenters. The van der Waals surface area contributed by atoms with Crippen LogP contribution in [-0.2, 0) is 6.54 Å². The number of anilines is 1. The predicted molar refractivity (Wildman–Crippen MR) is 87.9 cm³/mol. The van der Waals surface area contributed by atoms with Gasteiger partial charge in [0.1, 0.15) is 0 Å². The van der Waals surface area contributed by atoms with Gasteiger partial charge < -0.3 is 5.32 Å². The monoisotopic (exact) mass is 326 g/mol. The van der Waals surface area contributed by atoms with Gasteiger partial charge in [0.25, 0.3) is 0 Å². The number of hydrogen-bond acceptors (Lipinski definition) is 2. The average Bonchev–Trinajstić information content (AvgIpc) is 2.48. The summed E-state index contributed by atoms with van der Waals surface area (Å²) < 4.78 is 1.13. The molecule has 1 N–H and O–H groups in total. The molecule has 0 bridgehead atoms. The van der Waals surface area contributed by atoms with E-state index < -0.39 is 0 Å². The van der Waals surface area contributed by atoms with E-state index in [1.807, 2.05) is 12.3 Å². The summed E-state index contributed by atoms with van der Waals surface area (Å²) in [4.78, 5) is 4.48. The minimum absolute atomic E-state index is 0.773. The Morgan fingerprint density at radius 3 is 2.80 bits per heavy atom. The number of nitrogens with zero attached hydrogens (tertiary/aromatic N) is 1. The first-order valence-electron chi connectivity index (χ1n) is 6.57. The summed E-state index contributed by atoms with van der Waals surface area (Å²) in [6, 6.07) is 16.6. The molecule has 20 heavy (non-hydrogen) atoms. The molecule has 0 unspecified atom stereocenters. The van der Waals surface area contributed by atoms with Crippen LogP contribution in [0.4, 0.5) is 5.69 Å². The molecule has 0 fully saturated rings. The molecule has 3 aromatic rings. The molecule has 0 saturated carbocycles. The van der Waals surface area contributed by atoms with Gasteiger partial charge in [0.2, 0.25) is 0 Å². The van der Waals surface area contributed by atoms with Gasteiger partial charge in [-0.05, 0) is 42.3 Å². The molecule has 100 valence electrons. The van der Waals surface area contributed by atoms with E-state index in [1.54, 1.807) is 0 Å². The fourth-order valence-electron chi connectivity index (χ4n) is 2.26. The zero-order valence-corrected chi connectivity index (χ0v) is 12.8. The quantitative estimate of drug-likeness (QED) is 0.739. The fourth-order valence-corrected chi connectivity index (χ4v) is 2.51. The van der Waals surface area contributed by atoms with Gasteiger partial charge in [-0.15, -0.1) is 0 Å². The molecule has 0 saturated heterocycles. The van der Waals surface area contributed by atoms with Gasteiger partial charge in [-0.3, -0.25) is 4.98 Å². The molecule has 2 nitrogen and oxygen atoms in total. The Labute approximate surface area is 127 Å². The van der Waals surface area contributed by atoms with Crippen molar-refractivity contribution < 1.29 is 0 Å². The molecule has 1 heterocycles. The molecule has 3 heteroatoms. The summed E-state index contributed by atoms with van der Waals surface area (Å²) in [5, 5.41) is 4.64. The molecular weight excluding hydrogens is 312 g/mol. The van der Waals surface area contributed by atoms with E-state index in [1.165, 1.54) is 16.5 Å². The second-order valence-corrected chi connectivity index (χ2v) is 5.66. The highest BCUT2D eigenvalue weighted by atomic mass is 79.9. The first-order valence-corrected chi connectivity index (χ1v) is 7.36. The van der Waals surface area contributed by atoms with Crippen LogP contribution in [0.15, 0.2) is 59.2 Å². The van der Waals surface area contributed by atoms with Crippen LogP contribution in [0.3, 0.4) is 0 Å². The first-order chi connectivity index (χ1) is 9.74. The van der Waals surface area contributed by atoms with Crippen molar-refractivity contribution in [3.8, 4) is 0 Å². The smallest absolute Gasteiger partial charge is 0.0751 e. The number of pyridine rings is 1. The Hall–Kier alpha value is -1.87. The summed E-state index contributed by atoms with van der Waals surface area (Å²) >= 11 is 3.52. The van der Waals surface area contributed by atoms with Gasteiger partial charge in [-0.25, -0.2) is 0 Å². The number of fused-ring (bicyclic) bond motifs is 1. The van der Waals surface area contributed by atoms with Crippen LogP contribution in [0.5, 0.6) is 0 Å². The second kappa shape index (κ2) is 5.63. The van der Waals surface area contributed by atoms with Crippen LogP contribution >= 0.6 is 15.9 Å². The summed E-state index contributed by atoms with van der Waals surface area (Å²) in [5.41, 5.74) is 4.63. The number of aryl methyl sites for hydroxylation is 1. The van der Waals surface area contributed by atoms with Crippen molar-refractivity contribution >= 4 is 32.5 Å². The van der Waals surface area contributed by atoms with Gasteiger partial charge in [-0.2, -0.15) is 0 Å². The van der Waals surface area contributed by atoms with E-state index in [2.05, 4.69) is 75.6 Å². The SMILES string of the molecule is Cc1cc(NCc2cccc3cccnc23)ccc1Br. The third-order valence-electron chi connectivity index (χ3n) is 3.36. The van der Waals surface area contributed by atoms with E-state index in [0.717, 1.165) is 22.2 Å². The highest BCUT2D eigenvalue weighted by Crippen LogP contribution is 2.21. The first kappa shape index (κ1) is 13.1. The molecule has 0 radical (unpaired) electrons. The van der Waals surface area contributed by atoms with E-state index in [-0.39, 0.29) is 0 Å². The summed E-state index contributed by atoms with van der Waals surface area (Å²) in [6.07, 6.45) is 1.84. The van der Waals surface area contributed by atoms with Crippen LogP contribution in [0.1, 0.15) is 11.1 Å². The van der Waals surface area contributed by atoms with Crippen molar-refractivity contribution in [3.63, 3.8) is 0 Å². The lowest BCUT2D eigenvalue weighted by atomic mass is 10.1. The van der Waals surface area contributed by atoms with E-state index in [4.69, 9.17) is 0 Å². The van der Waals surface area contributed by atoms with Crippen LogP contribution in [0.2, 0.25) is 0 Å². The van der Waals surface area contributed by atoms with Crippen LogP contribution < -0.4 is 5.32 Å². The van der Waals surface area contributed by atoms with Gasteiger partial charge in [-0.1, -0.05) is 40.2 Å². The molecule has 0 spiro atoms. The van der Waals surface area contributed by atoms with Crippen molar-refractivity contribution in [3.05, 3.63) is 70.3 Å². The zero-order chi connectivity index (χ0) is 13.9. The largest absolute Gasteiger partial charge is 0.381 e. The predicted octanol–water partition coefficient (Wildman–Crippen LogP) is 4.92. The number of hydrogen-bond donors (Lipinski definition) is 1. The normalized spacial score (nSPS) is 10.7. The summed E-state index contributed by atoms with van der Waals surface area (Å²) in [5.74, 6) is 0. The third-order valence-corrected chi connectivity index (χ3v) is 4.25. The van der Waals surface area contributed by atoms with Gasteiger partial charge >= 0.3 is 0 Å². The maximum absolute atomic E-state index is 4.48. The molecular formula is C17H15BrN2. The molecule has 0 amide bonds. The third kappa shape index (κ3) is 2.68. The van der Waals surface area contributed by atoms with Crippen molar-refractivity contribution in [2.24, 2.45) is 0 Å². The zero-order valence-electron chi connectivity index (χ0n) is 11.2. The highest BCUT2D eigenvalue weighted by molar-refractivity contribution is 9.10. The Morgan fingerprint density at radius 1 is 1.10 bits per heavy atom. The van der Waals surface area contributed by atoms with Crippen LogP contribution in [-0.4, -0.2) is 4.98 Å². The fraction of sp³-hybridized carbons (Fsp3) is 0.118. The Balaban J connectivity index is 1.85. The van der Waals surface area contributed by atoms with Gasteiger partial charge in [0.15, 0.2) is 0 Å². The number of benzene rings is 2. The van der Waals surface area contributed by atoms with E-state index in [0.29, 0.717) is 0 Å². The number of para-hydroxylation sites is 1. The number of aromatic nitrogens is 1. The highest BCUT2D eigenvalue weighted by Gasteiger charge is 2.02. The van der Waals surface area contributed by atoms with Gasteiger partial charge in [0, 0.05) is 28.3 Å². The Bertz CT molecular complexity index is 748. The van der Waals surface area contributed by atoms with Crippen molar-refractivity contribution in [1.29, 1.82) is 0 Å². The minimum Gasteiger partial charge on any atom is -0.381 e. The molecule has 3 rings (SSSR count). The lowest BCUT2D eigenvalue weighted by molar-refractivity contribution is 1.15. The molecule has 2 aromatic carbocycles.